The van der Waals surface area contributed by atoms with Gasteiger partial charge in [0.25, 0.3) is 0 Å². The van der Waals surface area contributed by atoms with E-state index in [0.29, 0.717) is 0 Å². The maximum absolute atomic E-state index is 5.23. The fraction of sp³-hybridized carbons (Fsp3) is 0.273. The molecule has 0 aromatic carbocycles. The minimum atomic E-state index is 0.957. The van der Waals surface area contributed by atoms with E-state index in [-0.39, 0.29) is 0 Å². The highest BCUT2D eigenvalue weighted by Gasteiger charge is 1.95. The molecule has 0 unspecified atom stereocenters. The summed E-state index contributed by atoms with van der Waals surface area (Å²) in [6.07, 6.45) is 2.67. The van der Waals surface area contributed by atoms with Crippen LogP contribution in [0.2, 0.25) is 0 Å². The number of rotatable bonds is 5. The Labute approximate surface area is 87.6 Å². The van der Waals surface area contributed by atoms with Crippen LogP contribution in [0, 0.1) is 0 Å². The first-order valence-electron chi connectivity index (χ1n) is 4.70. The zero-order valence-corrected chi connectivity index (χ0v) is 8.72. The van der Waals surface area contributed by atoms with E-state index in [4.69, 9.17) is 4.42 Å². The molecule has 3 heteroatoms. The average molecular weight is 207 g/mol. The third-order valence-corrected chi connectivity index (χ3v) is 2.88. The molecule has 0 saturated carbocycles. The Morgan fingerprint density at radius 3 is 3.00 bits per heavy atom. The van der Waals surface area contributed by atoms with Crippen LogP contribution in [-0.4, -0.2) is 6.54 Å². The van der Waals surface area contributed by atoms with E-state index >= 15 is 0 Å². The molecule has 0 atom stereocenters. The quantitative estimate of drug-likeness (QED) is 0.762. The highest BCUT2D eigenvalue weighted by molar-refractivity contribution is 7.09. The number of thiophene rings is 1. The Kier molecular flexibility index (Phi) is 3.38. The van der Waals surface area contributed by atoms with E-state index < -0.39 is 0 Å². The molecule has 0 saturated heterocycles. The SMILES string of the molecule is c1coc(CCNCc2cccs2)c1. The summed E-state index contributed by atoms with van der Waals surface area (Å²) in [4.78, 5) is 1.38. The lowest BCUT2D eigenvalue weighted by Crippen LogP contribution is -2.15. The summed E-state index contributed by atoms with van der Waals surface area (Å²) < 4.78 is 5.23. The van der Waals surface area contributed by atoms with E-state index in [1.54, 1.807) is 17.6 Å². The summed E-state index contributed by atoms with van der Waals surface area (Å²) in [7, 11) is 0. The van der Waals surface area contributed by atoms with Gasteiger partial charge >= 0.3 is 0 Å². The van der Waals surface area contributed by atoms with E-state index in [9.17, 15) is 0 Å². The van der Waals surface area contributed by atoms with Gasteiger partial charge in [-0.3, -0.25) is 0 Å². The predicted molar refractivity (Wildman–Crippen MR) is 58.4 cm³/mol. The molecule has 2 rings (SSSR count). The van der Waals surface area contributed by atoms with E-state index in [1.807, 2.05) is 12.1 Å². The van der Waals surface area contributed by atoms with E-state index in [2.05, 4.69) is 22.8 Å². The largest absolute Gasteiger partial charge is 0.469 e. The van der Waals surface area contributed by atoms with Gasteiger partial charge in [-0.25, -0.2) is 0 Å². The lowest BCUT2D eigenvalue weighted by atomic mass is 10.3. The van der Waals surface area contributed by atoms with Crippen molar-refractivity contribution in [2.24, 2.45) is 0 Å². The van der Waals surface area contributed by atoms with Crippen LogP contribution >= 0.6 is 11.3 Å². The van der Waals surface area contributed by atoms with Crippen LogP contribution in [0.4, 0.5) is 0 Å². The first-order valence-corrected chi connectivity index (χ1v) is 5.58. The molecular formula is C11H13NOS. The molecule has 2 nitrogen and oxygen atoms in total. The van der Waals surface area contributed by atoms with Gasteiger partial charge in [0.2, 0.25) is 0 Å². The Hall–Kier alpha value is -1.06. The zero-order valence-electron chi connectivity index (χ0n) is 7.90. The monoisotopic (exact) mass is 207 g/mol. The molecule has 2 heterocycles. The lowest BCUT2D eigenvalue weighted by Gasteiger charge is -2.00. The zero-order chi connectivity index (χ0) is 9.64. The molecule has 1 N–H and O–H groups in total. The van der Waals surface area contributed by atoms with Crippen molar-refractivity contribution in [1.82, 2.24) is 5.32 Å². The summed E-state index contributed by atoms with van der Waals surface area (Å²) in [6, 6.07) is 8.15. The fourth-order valence-electron chi connectivity index (χ4n) is 1.29. The van der Waals surface area contributed by atoms with Crippen molar-refractivity contribution in [2.45, 2.75) is 13.0 Å². The standard InChI is InChI=1S/C11H13NOS/c1-3-10(13-7-1)5-6-12-9-11-4-2-8-14-11/h1-4,7-8,12H,5-6,9H2. The van der Waals surface area contributed by atoms with Crippen LogP contribution in [0.15, 0.2) is 40.3 Å². The second-order valence-electron chi connectivity index (χ2n) is 3.09. The molecule has 0 aliphatic heterocycles. The average Bonchev–Trinajstić information content (AvgIpc) is 2.86. The van der Waals surface area contributed by atoms with Gasteiger partial charge < -0.3 is 9.73 Å². The molecule has 2 aromatic rings. The minimum absolute atomic E-state index is 0.957. The highest BCUT2D eigenvalue weighted by Crippen LogP contribution is 2.07. The first-order chi connectivity index (χ1) is 6.95. The van der Waals surface area contributed by atoms with Crippen LogP contribution in [0.5, 0.6) is 0 Å². The van der Waals surface area contributed by atoms with Gasteiger partial charge in [-0.15, -0.1) is 11.3 Å². The number of hydrogen-bond donors (Lipinski definition) is 1. The third-order valence-electron chi connectivity index (χ3n) is 2.01. The summed E-state index contributed by atoms with van der Waals surface area (Å²) >= 11 is 1.78. The molecule has 0 amide bonds. The summed E-state index contributed by atoms with van der Waals surface area (Å²) in [5, 5.41) is 5.48. The molecule has 0 aliphatic rings. The van der Waals surface area contributed by atoms with E-state index in [1.165, 1.54) is 4.88 Å². The molecule has 0 aliphatic carbocycles. The van der Waals surface area contributed by atoms with Crippen molar-refractivity contribution in [1.29, 1.82) is 0 Å². The molecule has 0 radical (unpaired) electrons. The Balaban J connectivity index is 1.65. The smallest absolute Gasteiger partial charge is 0.105 e. The van der Waals surface area contributed by atoms with Gasteiger partial charge in [0, 0.05) is 24.4 Å². The maximum atomic E-state index is 5.23. The van der Waals surface area contributed by atoms with Gasteiger partial charge in [-0.1, -0.05) is 6.07 Å². The summed E-state index contributed by atoms with van der Waals surface area (Å²) in [6.45, 7) is 1.92. The van der Waals surface area contributed by atoms with Crippen LogP contribution in [0.1, 0.15) is 10.6 Å². The van der Waals surface area contributed by atoms with Gasteiger partial charge in [0.05, 0.1) is 6.26 Å². The van der Waals surface area contributed by atoms with Gasteiger partial charge in [-0.05, 0) is 23.6 Å². The Morgan fingerprint density at radius 1 is 1.29 bits per heavy atom. The van der Waals surface area contributed by atoms with E-state index in [0.717, 1.165) is 25.3 Å². The molecular weight excluding hydrogens is 194 g/mol. The summed E-state index contributed by atoms with van der Waals surface area (Å²) in [5.74, 6) is 1.05. The molecule has 0 bridgehead atoms. The number of nitrogens with one attached hydrogen (secondary N) is 1. The molecule has 0 spiro atoms. The lowest BCUT2D eigenvalue weighted by molar-refractivity contribution is 0.499. The predicted octanol–water partition coefficient (Wildman–Crippen LogP) is 2.67. The number of furan rings is 1. The summed E-state index contributed by atoms with van der Waals surface area (Å²) in [5.41, 5.74) is 0. The fourth-order valence-corrected chi connectivity index (χ4v) is 1.97. The van der Waals surface area contributed by atoms with Gasteiger partial charge in [-0.2, -0.15) is 0 Å². The van der Waals surface area contributed by atoms with Crippen LogP contribution in [-0.2, 0) is 13.0 Å². The molecule has 74 valence electrons. The van der Waals surface area contributed by atoms with Crippen molar-refractivity contribution in [3.63, 3.8) is 0 Å². The molecule has 2 aromatic heterocycles. The van der Waals surface area contributed by atoms with Crippen molar-refractivity contribution < 1.29 is 4.42 Å². The van der Waals surface area contributed by atoms with Gasteiger partial charge in [0.1, 0.15) is 5.76 Å². The normalized spacial score (nSPS) is 10.6. The van der Waals surface area contributed by atoms with Crippen molar-refractivity contribution in [3.05, 3.63) is 46.5 Å². The minimum Gasteiger partial charge on any atom is -0.469 e. The second-order valence-corrected chi connectivity index (χ2v) is 4.12. The second kappa shape index (κ2) is 4.98. The van der Waals surface area contributed by atoms with Crippen LogP contribution in [0.3, 0.4) is 0 Å². The molecule has 0 fully saturated rings. The van der Waals surface area contributed by atoms with Gasteiger partial charge in [0.15, 0.2) is 0 Å². The van der Waals surface area contributed by atoms with Crippen molar-refractivity contribution in [2.75, 3.05) is 6.54 Å². The molecule has 14 heavy (non-hydrogen) atoms. The van der Waals surface area contributed by atoms with Crippen LogP contribution < -0.4 is 5.32 Å². The third kappa shape index (κ3) is 2.72. The maximum Gasteiger partial charge on any atom is 0.105 e. The first kappa shape index (κ1) is 9.49. The Bertz CT molecular complexity index is 303. The Morgan fingerprint density at radius 2 is 2.29 bits per heavy atom. The van der Waals surface area contributed by atoms with Crippen molar-refractivity contribution >= 4 is 11.3 Å². The highest BCUT2D eigenvalue weighted by atomic mass is 32.1. The topological polar surface area (TPSA) is 25.2 Å². The number of hydrogen-bond acceptors (Lipinski definition) is 3. The van der Waals surface area contributed by atoms with Crippen LogP contribution in [0.25, 0.3) is 0 Å². The van der Waals surface area contributed by atoms with Crippen molar-refractivity contribution in [3.8, 4) is 0 Å².